The van der Waals surface area contributed by atoms with Gasteiger partial charge in [0.2, 0.25) is 0 Å². The maximum absolute atomic E-state index is 9.25. The van der Waals surface area contributed by atoms with E-state index < -0.39 is 6.10 Å². The molecule has 1 aromatic heterocycles. The van der Waals surface area contributed by atoms with Gasteiger partial charge in [-0.1, -0.05) is 6.92 Å². The lowest BCUT2D eigenvalue weighted by atomic mass is 10.2. The Hall–Kier alpha value is -1.07. The lowest BCUT2D eigenvalue weighted by molar-refractivity contribution is 0.243. The summed E-state index contributed by atoms with van der Waals surface area (Å²) in [5.41, 5.74) is 3.26. The molecule has 19 heavy (non-hydrogen) atoms. The molecule has 106 valence electrons. The van der Waals surface area contributed by atoms with Crippen molar-refractivity contribution in [3.05, 3.63) is 29.2 Å². The van der Waals surface area contributed by atoms with E-state index in [1.807, 2.05) is 25.6 Å². The summed E-state index contributed by atoms with van der Waals surface area (Å²) in [7, 11) is 1.95. The van der Waals surface area contributed by atoms with Gasteiger partial charge < -0.3 is 5.11 Å². The molecule has 1 N–H and O–H groups in total. The van der Waals surface area contributed by atoms with Gasteiger partial charge in [-0.15, -0.1) is 11.8 Å². The van der Waals surface area contributed by atoms with Crippen molar-refractivity contribution in [2.24, 2.45) is 12.0 Å². The van der Waals surface area contributed by atoms with Crippen molar-refractivity contribution in [2.75, 3.05) is 0 Å². The third-order valence-electron chi connectivity index (χ3n) is 2.61. The van der Waals surface area contributed by atoms with E-state index in [4.69, 9.17) is 0 Å². The Bertz CT molecular complexity index is 475. The molecule has 0 saturated carbocycles. The highest BCUT2D eigenvalue weighted by molar-refractivity contribution is 8.13. The van der Waals surface area contributed by atoms with Gasteiger partial charge >= 0.3 is 0 Å². The van der Waals surface area contributed by atoms with E-state index in [-0.39, 0.29) is 0 Å². The van der Waals surface area contributed by atoms with Crippen LogP contribution < -0.4 is 0 Å². The van der Waals surface area contributed by atoms with Gasteiger partial charge in [-0.25, -0.2) is 0 Å². The van der Waals surface area contributed by atoms with Crippen molar-refractivity contribution in [3.63, 3.8) is 0 Å². The van der Waals surface area contributed by atoms with Crippen LogP contribution in [0.25, 0.3) is 0 Å². The van der Waals surface area contributed by atoms with Crippen LogP contribution in [0.4, 0.5) is 0 Å². The quantitative estimate of drug-likeness (QED) is 0.667. The number of rotatable bonds is 5. The average molecular weight is 281 g/mol. The fourth-order valence-corrected chi connectivity index (χ4v) is 2.64. The molecule has 0 aromatic carbocycles. The van der Waals surface area contributed by atoms with Crippen LogP contribution in [0.2, 0.25) is 0 Å². The summed E-state index contributed by atoms with van der Waals surface area (Å²) in [5.74, 6) is 0.835. The minimum Gasteiger partial charge on any atom is -0.389 e. The number of hydrogen-bond acceptors (Lipinski definition) is 4. The topological polar surface area (TPSA) is 50.4 Å². The van der Waals surface area contributed by atoms with Gasteiger partial charge in [-0.3, -0.25) is 9.67 Å². The van der Waals surface area contributed by atoms with Gasteiger partial charge in [0, 0.05) is 24.7 Å². The molecule has 0 saturated heterocycles. The largest absolute Gasteiger partial charge is 0.389 e. The van der Waals surface area contributed by atoms with E-state index in [1.165, 1.54) is 5.56 Å². The summed E-state index contributed by atoms with van der Waals surface area (Å²) in [6, 6.07) is 0. The van der Waals surface area contributed by atoms with Crippen molar-refractivity contribution in [1.29, 1.82) is 0 Å². The Morgan fingerprint density at radius 2 is 2.26 bits per heavy atom. The second-order valence-corrected chi connectivity index (χ2v) is 5.76. The van der Waals surface area contributed by atoms with Crippen molar-refractivity contribution < 1.29 is 5.11 Å². The summed E-state index contributed by atoms with van der Waals surface area (Å²) in [6.45, 7) is 7.75. The van der Waals surface area contributed by atoms with Gasteiger partial charge in [0.25, 0.3) is 0 Å². The van der Waals surface area contributed by atoms with Crippen molar-refractivity contribution in [1.82, 2.24) is 9.78 Å². The molecular weight excluding hydrogens is 258 g/mol. The van der Waals surface area contributed by atoms with Crippen LogP contribution in [0.5, 0.6) is 0 Å². The Morgan fingerprint density at radius 1 is 1.58 bits per heavy atom. The van der Waals surface area contributed by atoms with Crippen molar-refractivity contribution in [3.8, 4) is 0 Å². The van der Waals surface area contributed by atoms with E-state index in [2.05, 4.69) is 23.2 Å². The average Bonchev–Trinajstić information content (AvgIpc) is 2.65. The first-order valence-corrected chi connectivity index (χ1v) is 7.47. The van der Waals surface area contributed by atoms with Gasteiger partial charge in [0.05, 0.1) is 16.8 Å². The number of aliphatic hydroxyl groups excluding tert-OH is 1. The molecule has 0 spiro atoms. The van der Waals surface area contributed by atoms with Gasteiger partial charge in [-0.2, -0.15) is 5.10 Å². The zero-order chi connectivity index (χ0) is 14.4. The Balaban J connectivity index is 2.63. The minimum atomic E-state index is -0.455. The number of aliphatic hydroxyl groups is 1. The van der Waals surface area contributed by atoms with Crippen LogP contribution in [0.15, 0.2) is 23.0 Å². The molecule has 1 rings (SSSR count). The highest BCUT2D eigenvalue weighted by atomic mass is 32.2. The Labute approximate surface area is 119 Å². The number of aliphatic imine (C=N–C) groups is 1. The van der Waals surface area contributed by atoms with Gasteiger partial charge in [-0.05, 0) is 38.8 Å². The fraction of sp³-hybridized carbons (Fsp3) is 0.571. The minimum absolute atomic E-state index is 0.455. The first-order chi connectivity index (χ1) is 8.92. The van der Waals surface area contributed by atoms with Crippen LogP contribution in [-0.2, 0) is 19.2 Å². The number of aromatic nitrogens is 2. The SMILES string of the molecule is CCc1cn(C)nc1CSC(C)=N/C(C)=C\C(C)O. The summed E-state index contributed by atoms with van der Waals surface area (Å²) in [6.07, 6.45) is 4.36. The predicted octanol–water partition coefficient (Wildman–Crippen LogP) is 2.92. The summed E-state index contributed by atoms with van der Waals surface area (Å²) in [4.78, 5) is 4.44. The highest BCUT2D eigenvalue weighted by Crippen LogP contribution is 2.17. The van der Waals surface area contributed by atoms with Crippen LogP contribution in [0.3, 0.4) is 0 Å². The lowest BCUT2D eigenvalue weighted by Gasteiger charge is -2.02. The molecule has 5 heteroatoms. The molecule has 0 amide bonds. The fourth-order valence-electron chi connectivity index (χ4n) is 1.84. The zero-order valence-corrected chi connectivity index (χ0v) is 13.2. The van der Waals surface area contributed by atoms with E-state index in [0.29, 0.717) is 0 Å². The number of aryl methyl sites for hydroxylation is 2. The molecule has 0 aliphatic heterocycles. The van der Waals surface area contributed by atoms with Crippen LogP contribution in [-0.4, -0.2) is 26.0 Å². The van der Waals surface area contributed by atoms with E-state index in [1.54, 1.807) is 24.8 Å². The molecule has 4 nitrogen and oxygen atoms in total. The zero-order valence-electron chi connectivity index (χ0n) is 12.3. The van der Waals surface area contributed by atoms with Gasteiger partial charge in [0.1, 0.15) is 0 Å². The van der Waals surface area contributed by atoms with Crippen LogP contribution >= 0.6 is 11.8 Å². The molecule has 0 aliphatic carbocycles. The second-order valence-electron chi connectivity index (χ2n) is 4.60. The van der Waals surface area contributed by atoms with Crippen molar-refractivity contribution in [2.45, 2.75) is 46.0 Å². The Kier molecular flexibility index (Phi) is 6.31. The molecular formula is C14H23N3OS. The highest BCUT2D eigenvalue weighted by Gasteiger charge is 2.06. The molecule has 1 heterocycles. The van der Waals surface area contributed by atoms with Crippen LogP contribution in [0, 0.1) is 0 Å². The molecule has 1 aromatic rings. The summed E-state index contributed by atoms with van der Waals surface area (Å²) in [5, 5.41) is 14.7. The number of nitrogens with zero attached hydrogens (tertiary/aromatic N) is 3. The molecule has 0 bridgehead atoms. The molecule has 0 radical (unpaired) electrons. The maximum Gasteiger partial charge on any atom is 0.0759 e. The van der Waals surface area contributed by atoms with Crippen LogP contribution in [0.1, 0.15) is 39.0 Å². The van der Waals surface area contributed by atoms with E-state index in [0.717, 1.165) is 28.6 Å². The third-order valence-corrected chi connectivity index (χ3v) is 3.53. The van der Waals surface area contributed by atoms with E-state index in [9.17, 15) is 5.11 Å². The first-order valence-electron chi connectivity index (χ1n) is 6.48. The first kappa shape index (κ1) is 16.0. The molecule has 1 unspecified atom stereocenters. The van der Waals surface area contributed by atoms with Gasteiger partial charge in [0.15, 0.2) is 0 Å². The number of hydrogen-bond donors (Lipinski definition) is 1. The predicted molar refractivity (Wildman–Crippen MR) is 82.4 cm³/mol. The summed E-state index contributed by atoms with van der Waals surface area (Å²) < 4.78 is 1.86. The maximum atomic E-state index is 9.25. The van der Waals surface area contributed by atoms with Crippen molar-refractivity contribution >= 4 is 16.8 Å². The Morgan fingerprint density at radius 3 is 2.84 bits per heavy atom. The third kappa shape index (κ3) is 5.61. The molecule has 1 atom stereocenters. The monoisotopic (exact) mass is 281 g/mol. The molecule has 0 aliphatic rings. The normalized spacial score (nSPS) is 14.8. The summed E-state index contributed by atoms with van der Waals surface area (Å²) >= 11 is 1.68. The van der Waals surface area contributed by atoms with E-state index >= 15 is 0 Å². The molecule has 0 fully saturated rings. The lowest BCUT2D eigenvalue weighted by Crippen LogP contribution is -1.96. The standard InChI is InChI=1S/C14H23N3OS/c1-6-13-8-17(5)16-14(13)9-19-12(4)15-10(2)7-11(3)18/h7-8,11,18H,6,9H2,1-5H3/b10-7-,15-12?. The second kappa shape index (κ2) is 7.50. The number of thioether (sulfide) groups is 1. The smallest absolute Gasteiger partial charge is 0.0759 e. The number of allylic oxidation sites excluding steroid dienone is 1.